The average molecular weight is 207 g/mol. The van der Waals surface area contributed by atoms with Crippen molar-refractivity contribution >= 4 is 17.9 Å². The molecule has 0 atom stereocenters. The molecule has 0 aliphatic heterocycles. The van der Waals surface area contributed by atoms with Gasteiger partial charge in [-0.05, 0) is 30.7 Å². The molecular weight excluding hydrogens is 194 g/mol. The largest absolute Gasteiger partial charge is 0.496 e. The van der Waals surface area contributed by atoms with Crippen LogP contribution in [0, 0.1) is 6.92 Å². The molecule has 0 spiro atoms. The maximum atomic E-state index is 11.1. The zero-order valence-corrected chi connectivity index (χ0v) is 8.98. The lowest BCUT2D eigenvalue weighted by Crippen LogP contribution is -2.26. The summed E-state index contributed by atoms with van der Waals surface area (Å²) in [5, 5.41) is 0. The van der Waals surface area contributed by atoms with Crippen LogP contribution in [0.4, 0.5) is 5.69 Å². The van der Waals surface area contributed by atoms with Gasteiger partial charge in [0.2, 0.25) is 6.29 Å². The Kier molecular flexibility index (Phi) is 3.44. The number of amides is 1. The fourth-order valence-electron chi connectivity index (χ4n) is 1.28. The molecule has 0 fully saturated rings. The van der Waals surface area contributed by atoms with Crippen molar-refractivity contribution in [2.24, 2.45) is 0 Å². The molecule has 1 rings (SSSR count). The lowest BCUT2D eigenvalue weighted by atomic mass is 10.2. The first-order valence-electron chi connectivity index (χ1n) is 4.47. The summed E-state index contributed by atoms with van der Waals surface area (Å²) in [6.07, 6.45) is 0.291. The monoisotopic (exact) mass is 207 g/mol. The van der Waals surface area contributed by atoms with E-state index in [0.717, 1.165) is 11.3 Å². The van der Waals surface area contributed by atoms with Crippen LogP contribution in [-0.4, -0.2) is 26.4 Å². The van der Waals surface area contributed by atoms with Crippen LogP contribution in [0.2, 0.25) is 0 Å². The molecule has 1 aromatic rings. The Balaban J connectivity index is 3.01. The summed E-state index contributed by atoms with van der Waals surface area (Å²) in [7, 11) is 3.14. The van der Waals surface area contributed by atoms with Crippen molar-refractivity contribution in [3.05, 3.63) is 23.8 Å². The second-order valence-electron chi connectivity index (χ2n) is 3.17. The zero-order chi connectivity index (χ0) is 11.4. The van der Waals surface area contributed by atoms with Crippen molar-refractivity contribution in [1.82, 2.24) is 0 Å². The third kappa shape index (κ3) is 2.34. The predicted molar refractivity (Wildman–Crippen MR) is 57.2 cm³/mol. The minimum Gasteiger partial charge on any atom is -0.496 e. The summed E-state index contributed by atoms with van der Waals surface area (Å²) in [5.74, 6) is 0.185. The maximum Gasteiger partial charge on any atom is 0.290 e. The third-order valence-electron chi connectivity index (χ3n) is 2.20. The molecular formula is C11H13NO3. The first kappa shape index (κ1) is 11.2. The van der Waals surface area contributed by atoms with Gasteiger partial charge in [-0.1, -0.05) is 0 Å². The van der Waals surface area contributed by atoms with Crippen molar-refractivity contribution in [3.63, 3.8) is 0 Å². The van der Waals surface area contributed by atoms with Crippen LogP contribution in [0.25, 0.3) is 0 Å². The topological polar surface area (TPSA) is 46.6 Å². The van der Waals surface area contributed by atoms with Crippen LogP contribution in [-0.2, 0) is 9.59 Å². The molecule has 0 saturated carbocycles. The number of ether oxygens (including phenoxy) is 1. The Morgan fingerprint density at radius 2 is 2.13 bits per heavy atom. The number of carbonyl (C=O) groups excluding carboxylic acids is 2. The van der Waals surface area contributed by atoms with Crippen LogP contribution in [0.1, 0.15) is 5.56 Å². The molecule has 4 heteroatoms. The highest BCUT2D eigenvalue weighted by atomic mass is 16.5. The number of methoxy groups -OCH3 is 1. The molecule has 0 aliphatic carbocycles. The van der Waals surface area contributed by atoms with E-state index in [-0.39, 0.29) is 0 Å². The van der Waals surface area contributed by atoms with E-state index in [2.05, 4.69) is 0 Å². The second-order valence-corrected chi connectivity index (χ2v) is 3.17. The van der Waals surface area contributed by atoms with E-state index in [9.17, 15) is 9.59 Å². The van der Waals surface area contributed by atoms with E-state index in [1.54, 1.807) is 32.4 Å². The molecule has 1 amide bonds. The number of anilines is 1. The van der Waals surface area contributed by atoms with Gasteiger partial charge in [0.05, 0.1) is 7.11 Å². The lowest BCUT2D eigenvalue weighted by Gasteiger charge is -2.15. The Morgan fingerprint density at radius 3 is 2.60 bits per heavy atom. The Labute approximate surface area is 88.5 Å². The van der Waals surface area contributed by atoms with E-state index in [0.29, 0.717) is 12.0 Å². The summed E-state index contributed by atoms with van der Waals surface area (Å²) >= 11 is 0. The standard InChI is InChI=1S/C11H13NO3/c1-8-6-9(4-5-10(8)15-3)12(2)11(14)7-13/h4-7H,1-3H3. The van der Waals surface area contributed by atoms with Gasteiger partial charge in [-0.25, -0.2) is 0 Å². The Hall–Kier alpha value is -1.84. The van der Waals surface area contributed by atoms with E-state index < -0.39 is 5.91 Å². The van der Waals surface area contributed by atoms with E-state index in [1.807, 2.05) is 6.92 Å². The van der Waals surface area contributed by atoms with Gasteiger partial charge in [0, 0.05) is 12.7 Å². The van der Waals surface area contributed by atoms with Gasteiger partial charge in [-0.3, -0.25) is 9.59 Å². The smallest absolute Gasteiger partial charge is 0.290 e. The van der Waals surface area contributed by atoms with Gasteiger partial charge in [0.25, 0.3) is 5.91 Å². The molecule has 4 nitrogen and oxygen atoms in total. The fraction of sp³-hybridized carbons (Fsp3) is 0.273. The third-order valence-corrected chi connectivity index (χ3v) is 2.20. The molecule has 0 heterocycles. The Morgan fingerprint density at radius 1 is 1.47 bits per heavy atom. The van der Waals surface area contributed by atoms with Crippen molar-refractivity contribution in [2.75, 3.05) is 19.1 Å². The molecule has 0 N–H and O–H groups in total. The molecule has 15 heavy (non-hydrogen) atoms. The summed E-state index contributed by atoms with van der Waals surface area (Å²) in [4.78, 5) is 22.7. The number of rotatable bonds is 3. The number of benzene rings is 1. The molecule has 80 valence electrons. The number of aldehydes is 1. The minimum absolute atomic E-state index is 0.291. The summed E-state index contributed by atoms with van der Waals surface area (Å²) in [6, 6.07) is 5.28. The summed E-state index contributed by atoms with van der Waals surface area (Å²) in [5.41, 5.74) is 1.59. The van der Waals surface area contributed by atoms with Crippen molar-refractivity contribution in [2.45, 2.75) is 6.92 Å². The number of likely N-dealkylation sites (N-methyl/N-ethyl adjacent to an activating group) is 1. The first-order valence-corrected chi connectivity index (χ1v) is 4.47. The number of nitrogens with zero attached hydrogens (tertiary/aromatic N) is 1. The van der Waals surface area contributed by atoms with Gasteiger partial charge < -0.3 is 9.64 Å². The molecule has 0 saturated heterocycles. The van der Waals surface area contributed by atoms with Crippen LogP contribution < -0.4 is 9.64 Å². The number of aryl methyl sites for hydroxylation is 1. The SMILES string of the molecule is COc1ccc(N(C)C(=O)C=O)cc1C. The summed E-state index contributed by atoms with van der Waals surface area (Å²) in [6.45, 7) is 1.88. The van der Waals surface area contributed by atoms with Gasteiger partial charge in [0.1, 0.15) is 5.75 Å². The second kappa shape index (κ2) is 4.59. The minimum atomic E-state index is -0.570. The normalized spacial score (nSPS) is 9.53. The van der Waals surface area contributed by atoms with Crippen LogP contribution in [0.3, 0.4) is 0 Å². The van der Waals surface area contributed by atoms with Gasteiger partial charge in [0.15, 0.2) is 0 Å². The highest BCUT2D eigenvalue weighted by Gasteiger charge is 2.10. The van der Waals surface area contributed by atoms with E-state index in [4.69, 9.17) is 4.74 Å². The molecule has 0 aliphatic rings. The van der Waals surface area contributed by atoms with Crippen molar-refractivity contribution in [3.8, 4) is 5.75 Å². The number of hydrogen-bond donors (Lipinski definition) is 0. The highest BCUT2D eigenvalue weighted by molar-refractivity contribution is 6.30. The molecule has 0 unspecified atom stereocenters. The first-order chi connectivity index (χ1) is 7.10. The summed E-state index contributed by atoms with van der Waals surface area (Å²) < 4.78 is 5.09. The van der Waals surface area contributed by atoms with Gasteiger partial charge in [-0.15, -0.1) is 0 Å². The lowest BCUT2D eigenvalue weighted by molar-refractivity contribution is -0.129. The van der Waals surface area contributed by atoms with Crippen LogP contribution in [0.15, 0.2) is 18.2 Å². The molecule has 0 bridgehead atoms. The van der Waals surface area contributed by atoms with Crippen LogP contribution >= 0.6 is 0 Å². The van der Waals surface area contributed by atoms with E-state index in [1.165, 1.54) is 4.90 Å². The van der Waals surface area contributed by atoms with Crippen molar-refractivity contribution < 1.29 is 14.3 Å². The van der Waals surface area contributed by atoms with Gasteiger partial charge in [-0.2, -0.15) is 0 Å². The van der Waals surface area contributed by atoms with Crippen LogP contribution in [0.5, 0.6) is 5.75 Å². The highest BCUT2D eigenvalue weighted by Crippen LogP contribution is 2.23. The molecule has 1 aromatic carbocycles. The van der Waals surface area contributed by atoms with Crippen molar-refractivity contribution in [1.29, 1.82) is 0 Å². The maximum absolute atomic E-state index is 11.1. The number of carbonyl (C=O) groups is 2. The quantitative estimate of drug-likeness (QED) is 0.552. The molecule has 0 aromatic heterocycles. The van der Waals surface area contributed by atoms with Gasteiger partial charge >= 0.3 is 0 Å². The average Bonchev–Trinajstić information content (AvgIpc) is 2.26. The Bertz CT molecular complexity index is 387. The molecule has 0 radical (unpaired) electrons. The zero-order valence-electron chi connectivity index (χ0n) is 8.98. The number of hydrogen-bond acceptors (Lipinski definition) is 3. The fourth-order valence-corrected chi connectivity index (χ4v) is 1.28. The predicted octanol–water partition coefficient (Wildman–Crippen LogP) is 1.17. The van der Waals surface area contributed by atoms with E-state index >= 15 is 0 Å².